The molecule has 0 bridgehead atoms. The molecule has 17 heavy (non-hydrogen) atoms. The lowest BCUT2D eigenvalue weighted by Gasteiger charge is -2.10. The number of halogens is 2. The molecule has 0 aromatic carbocycles. The molecule has 0 spiro atoms. The van der Waals surface area contributed by atoms with Crippen LogP contribution in [0, 0.1) is 6.92 Å². The Balaban J connectivity index is 2.95. The number of aromatic nitrogens is 1. The van der Waals surface area contributed by atoms with Crippen LogP contribution < -0.4 is 5.73 Å². The summed E-state index contributed by atoms with van der Waals surface area (Å²) in [6.07, 6.45) is -2.73. The van der Waals surface area contributed by atoms with Crippen LogP contribution in [-0.2, 0) is 16.0 Å². The number of esters is 1. The van der Waals surface area contributed by atoms with E-state index in [1.165, 1.54) is 6.07 Å². The number of nitrogens with two attached hydrogens (primary N) is 1. The lowest BCUT2D eigenvalue weighted by Crippen LogP contribution is -2.11. The number of carbonyl (C=O) groups excluding carboxylic acids is 1. The molecule has 0 unspecified atom stereocenters. The van der Waals surface area contributed by atoms with Crippen molar-refractivity contribution in [3.05, 3.63) is 23.0 Å². The van der Waals surface area contributed by atoms with Gasteiger partial charge >= 0.3 is 5.97 Å². The first-order valence-corrected chi connectivity index (χ1v) is 5.15. The van der Waals surface area contributed by atoms with Gasteiger partial charge in [-0.2, -0.15) is 0 Å². The number of aryl methyl sites for hydroxylation is 1. The summed E-state index contributed by atoms with van der Waals surface area (Å²) in [4.78, 5) is 15.0. The van der Waals surface area contributed by atoms with E-state index in [9.17, 15) is 13.6 Å². The Morgan fingerprint density at radius 2 is 2.24 bits per heavy atom. The van der Waals surface area contributed by atoms with Gasteiger partial charge in [0.2, 0.25) is 0 Å². The van der Waals surface area contributed by atoms with Crippen molar-refractivity contribution in [2.75, 3.05) is 12.3 Å². The summed E-state index contributed by atoms with van der Waals surface area (Å²) in [5.74, 6) is -0.429. The number of nitrogen functional groups attached to an aromatic ring is 1. The van der Waals surface area contributed by atoms with Gasteiger partial charge in [-0.1, -0.05) is 0 Å². The van der Waals surface area contributed by atoms with E-state index in [2.05, 4.69) is 4.98 Å². The Labute approximate surface area is 97.8 Å². The fraction of sp³-hybridized carbons (Fsp3) is 0.455. The molecule has 0 atom stereocenters. The van der Waals surface area contributed by atoms with Crippen LogP contribution in [0.25, 0.3) is 0 Å². The fourth-order valence-corrected chi connectivity index (χ4v) is 1.40. The van der Waals surface area contributed by atoms with Gasteiger partial charge in [0.1, 0.15) is 5.69 Å². The highest BCUT2D eigenvalue weighted by Gasteiger charge is 2.17. The van der Waals surface area contributed by atoms with Crippen molar-refractivity contribution in [3.63, 3.8) is 0 Å². The Kier molecular flexibility index (Phi) is 4.37. The molecule has 2 N–H and O–H groups in total. The molecule has 6 heteroatoms. The Morgan fingerprint density at radius 1 is 1.59 bits per heavy atom. The van der Waals surface area contributed by atoms with Gasteiger partial charge in [-0.25, -0.2) is 13.8 Å². The zero-order valence-corrected chi connectivity index (χ0v) is 9.67. The minimum absolute atomic E-state index is 0.0135. The van der Waals surface area contributed by atoms with Gasteiger partial charge in [0.15, 0.2) is 0 Å². The third-order valence-corrected chi connectivity index (χ3v) is 2.23. The average Bonchev–Trinajstić information content (AvgIpc) is 2.22. The van der Waals surface area contributed by atoms with Crippen molar-refractivity contribution in [2.45, 2.75) is 26.7 Å². The number of pyridine rings is 1. The normalized spacial score (nSPS) is 10.6. The zero-order chi connectivity index (χ0) is 13.0. The van der Waals surface area contributed by atoms with Crippen molar-refractivity contribution >= 4 is 11.7 Å². The quantitative estimate of drug-likeness (QED) is 0.823. The Hall–Kier alpha value is -1.72. The number of rotatable bonds is 4. The largest absolute Gasteiger partial charge is 0.466 e. The molecule has 1 aromatic heterocycles. The molecule has 0 aliphatic heterocycles. The zero-order valence-electron chi connectivity index (χ0n) is 9.67. The molecule has 0 aliphatic carbocycles. The van der Waals surface area contributed by atoms with Gasteiger partial charge in [0, 0.05) is 5.69 Å². The molecule has 94 valence electrons. The maximum Gasteiger partial charge on any atom is 0.310 e. The van der Waals surface area contributed by atoms with Crippen molar-refractivity contribution < 1.29 is 18.3 Å². The van der Waals surface area contributed by atoms with Crippen LogP contribution in [-0.4, -0.2) is 17.6 Å². The first-order valence-electron chi connectivity index (χ1n) is 5.15. The van der Waals surface area contributed by atoms with Gasteiger partial charge in [-0.3, -0.25) is 4.79 Å². The lowest BCUT2D eigenvalue weighted by atomic mass is 10.1. The second kappa shape index (κ2) is 5.56. The summed E-state index contributed by atoms with van der Waals surface area (Å²) in [5, 5.41) is 0. The van der Waals surface area contributed by atoms with Crippen LogP contribution >= 0.6 is 0 Å². The molecule has 0 radical (unpaired) electrons. The first-order chi connectivity index (χ1) is 7.95. The molecule has 0 fully saturated rings. The van der Waals surface area contributed by atoms with Gasteiger partial charge in [0.25, 0.3) is 6.43 Å². The number of nitrogens with zero attached hydrogens (tertiary/aromatic N) is 1. The Bertz CT molecular complexity index is 422. The second-order valence-corrected chi connectivity index (χ2v) is 3.49. The Morgan fingerprint density at radius 3 is 2.76 bits per heavy atom. The smallest absolute Gasteiger partial charge is 0.310 e. The van der Waals surface area contributed by atoms with E-state index in [1.807, 2.05) is 0 Å². The van der Waals surface area contributed by atoms with E-state index in [0.717, 1.165) is 0 Å². The van der Waals surface area contributed by atoms with E-state index in [0.29, 0.717) is 11.3 Å². The summed E-state index contributed by atoms with van der Waals surface area (Å²) in [6.45, 7) is 3.52. The molecule has 0 aliphatic rings. The number of ether oxygens (including phenoxy) is 1. The highest BCUT2D eigenvalue weighted by Crippen LogP contribution is 2.25. The minimum atomic E-state index is -2.72. The molecular weight excluding hydrogens is 230 g/mol. The molecule has 0 amide bonds. The van der Waals surface area contributed by atoms with Gasteiger partial charge in [-0.15, -0.1) is 0 Å². The van der Waals surface area contributed by atoms with Gasteiger partial charge < -0.3 is 10.5 Å². The maximum absolute atomic E-state index is 12.5. The number of hydrogen-bond acceptors (Lipinski definition) is 4. The van der Waals surface area contributed by atoms with E-state index in [4.69, 9.17) is 10.5 Å². The third-order valence-electron chi connectivity index (χ3n) is 2.23. The van der Waals surface area contributed by atoms with Crippen LogP contribution in [0.2, 0.25) is 0 Å². The summed E-state index contributed by atoms with van der Waals surface area (Å²) in [7, 11) is 0. The number of carbonyl (C=O) groups is 1. The molecule has 1 heterocycles. The average molecular weight is 244 g/mol. The molecule has 0 saturated heterocycles. The summed E-state index contributed by atoms with van der Waals surface area (Å²) in [5.41, 5.74) is 5.76. The van der Waals surface area contributed by atoms with E-state index in [-0.39, 0.29) is 18.7 Å². The predicted molar refractivity (Wildman–Crippen MR) is 58.7 cm³/mol. The summed E-state index contributed by atoms with van der Waals surface area (Å²) >= 11 is 0. The fourth-order valence-electron chi connectivity index (χ4n) is 1.40. The van der Waals surface area contributed by atoms with E-state index < -0.39 is 18.1 Å². The van der Waals surface area contributed by atoms with Crippen molar-refractivity contribution in [1.82, 2.24) is 4.98 Å². The lowest BCUT2D eigenvalue weighted by molar-refractivity contribution is -0.142. The SMILES string of the molecule is CCOC(=O)Cc1cc(N)c(C(F)F)nc1C. The van der Waals surface area contributed by atoms with Crippen LogP contribution in [0.5, 0.6) is 0 Å². The molecular formula is C11H14F2N2O2. The maximum atomic E-state index is 12.5. The van der Waals surface area contributed by atoms with Gasteiger partial charge in [0.05, 0.1) is 18.7 Å². The van der Waals surface area contributed by atoms with Crippen LogP contribution in [0.3, 0.4) is 0 Å². The van der Waals surface area contributed by atoms with Gasteiger partial charge in [-0.05, 0) is 25.5 Å². The van der Waals surface area contributed by atoms with Crippen LogP contribution in [0.4, 0.5) is 14.5 Å². The number of hydrogen-bond donors (Lipinski definition) is 1. The number of alkyl halides is 2. The molecule has 4 nitrogen and oxygen atoms in total. The first kappa shape index (κ1) is 13.3. The molecule has 0 saturated carbocycles. The molecule has 1 rings (SSSR count). The summed E-state index contributed by atoms with van der Waals surface area (Å²) < 4.78 is 29.7. The van der Waals surface area contributed by atoms with Crippen LogP contribution in [0.15, 0.2) is 6.07 Å². The van der Waals surface area contributed by atoms with Crippen LogP contribution in [0.1, 0.15) is 30.3 Å². The predicted octanol–water partition coefficient (Wildman–Crippen LogP) is 2.02. The van der Waals surface area contributed by atoms with E-state index >= 15 is 0 Å². The summed E-state index contributed by atoms with van der Waals surface area (Å²) in [6, 6.07) is 1.35. The minimum Gasteiger partial charge on any atom is -0.466 e. The van der Waals surface area contributed by atoms with Crippen molar-refractivity contribution in [1.29, 1.82) is 0 Å². The highest BCUT2D eigenvalue weighted by atomic mass is 19.3. The third kappa shape index (κ3) is 3.37. The molecule has 1 aromatic rings. The van der Waals surface area contributed by atoms with E-state index in [1.54, 1.807) is 13.8 Å². The topological polar surface area (TPSA) is 65.2 Å². The van der Waals surface area contributed by atoms with Crippen molar-refractivity contribution in [3.8, 4) is 0 Å². The monoisotopic (exact) mass is 244 g/mol. The number of anilines is 1. The highest BCUT2D eigenvalue weighted by molar-refractivity contribution is 5.73. The second-order valence-electron chi connectivity index (χ2n) is 3.49. The van der Waals surface area contributed by atoms with Crippen molar-refractivity contribution in [2.24, 2.45) is 0 Å². The standard InChI is InChI=1S/C11H14F2N2O2/c1-3-17-9(16)5-7-4-8(14)10(11(12)13)15-6(7)2/h4,11H,3,5,14H2,1-2H3.